The minimum absolute atomic E-state index is 0.0304. The van der Waals surface area contributed by atoms with Crippen molar-refractivity contribution in [3.8, 4) is 0 Å². The fourth-order valence-corrected chi connectivity index (χ4v) is 8.52. The first kappa shape index (κ1) is 20.2. The molecule has 4 bridgehead atoms. The number of aromatic nitrogens is 2. The van der Waals surface area contributed by atoms with E-state index in [2.05, 4.69) is 30.6 Å². The van der Waals surface area contributed by atoms with Crippen LogP contribution in [0.5, 0.6) is 0 Å². The molecule has 8 heteroatoms. The van der Waals surface area contributed by atoms with Crippen LogP contribution < -0.4 is 15.5 Å². The summed E-state index contributed by atoms with van der Waals surface area (Å²) in [5, 5.41) is 16.6. The number of amides is 2. The summed E-state index contributed by atoms with van der Waals surface area (Å²) in [5.74, 6) is 2.48. The number of nitrogens with one attached hydrogen (secondary N) is 2. The Kier molecular flexibility index (Phi) is 5.33. The molecule has 2 aliphatic heterocycles. The Balaban J connectivity index is 1.02. The van der Waals surface area contributed by atoms with Gasteiger partial charge in [0.15, 0.2) is 0 Å². The third-order valence-electron chi connectivity index (χ3n) is 8.69. The molecule has 4 saturated carbocycles. The van der Waals surface area contributed by atoms with Crippen molar-refractivity contribution < 1.29 is 4.79 Å². The van der Waals surface area contributed by atoms with Crippen molar-refractivity contribution in [3.63, 3.8) is 0 Å². The highest BCUT2D eigenvalue weighted by molar-refractivity contribution is 7.19. The minimum atomic E-state index is -0.0894. The number of hydrogen-bond donors (Lipinski definition) is 2. The monoisotopic (exact) mass is 444 g/mol. The summed E-state index contributed by atoms with van der Waals surface area (Å²) in [4.78, 5) is 17.8. The Morgan fingerprint density at radius 2 is 1.55 bits per heavy atom. The van der Waals surface area contributed by atoms with E-state index in [4.69, 9.17) is 0 Å². The Labute approximate surface area is 189 Å². The Hall–Kier alpha value is -1.41. The summed E-state index contributed by atoms with van der Waals surface area (Å²) in [6, 6.07) is 0.640. The topological polar surface area (TPSA) is 73.4 Å². The van der Waals surface area contributed by atoms with Crippen LogP contribution in [0.4, 0.5) is 15.1 Å². The smallest absolute Gasteiger partial charge is 0.321 e. The highest BCUT2D eigenvalue weighted by atomic mass is 32.1. The van der Waals surface area contributed by atoms with E-state index in [1.807, 2.05) is 0 Å². The molecule has 0 unspecified atom stereocenters. The molecule has 7 nitrogen and oxygen atoms in total. The predicted octanol–water partition coefficient (Wildman–Crippen LogP) is 4.08. The number of carbonyl (C=O) groups excluding carboxylic acids is 1. The van der Waals surface area contributed by atoms with Crippen LogP contribution >= 0.6 is 11.3 Å². The molecular weight excluding hydrogens is 408 g/mol. The third kappa shape index (κ3) is 4.17. The molecule has 1 aromatic heterocycles. The van der Waals surface area contributed by atoms with Crippen LogP contribution in [0, 0.1) is 17.8 Å². The van der Waals surface area contributed by atoms with Crippen LogP contribution in [-0.2, 0) is 0 Å². The fourth-order valence-electron chi connectivity index (χ4n) is 7.73. The molecule has 3 heterocycles. The van der Waals surface area contributed by atoms with Gasteiger partial charge in [-0.25, -0.2) is 4.79 Å². The van der Waals surface area contributed by atoms with Crippen LogP contribution in [0.1, 0.15) is 70.6 Å². The number of piperidine rings is 2. The van der Waals surface area contributed by atoms with Crippen LogP contribution in [0.3, 0.4) is 0 Å². The van der Waals surface area contributed by atoms with E-state index in [1.54, 1.807) is 0 Å². The van der Waals surface area contributed by atoms with Gasteiger partial charge < -0.3 is 15.1 Å². The molecule has 0 aromatic carbocycles. The van der Waals surface area contributed by atoms with E-state index in [1.165, 1.54) is 95.1 Å². The molecule has 4 aliphatic carbocycles. The SMILES string of the molecule is O=C(Nc1nnc(N2CCC(N3CCCCC3)CC2)s1)NC12CC3CC(CC(C3)C1)C2. The van der Waals surface area contributed by atoms with Crippen molar-refractivity contribution >= 4 is 27.6 Å². The molecule has 1 aromatic rings. The molecule has 2 amide bonds. The fraction of sp³-hybridized carbons (Fsp3) is 0.870. The summed E-state index contributed by atoms with van der Waals surface area (Å²) in [7, 11) is 0. The second-order valence-corrected chi connectivity index (χ2v) is 11.9. The first-order valence-corrected chi connectivity index (χ1v) is 13.4. The second kappa shape index (κ2) is 8.18. The number of rotatable bonds is 4. The predicted molar refractivity (Wildman–Crippen MR) is 124 cm³/mol. The Bertz CT molecular complexity index is 762. The Morgan fingerprint density at radius 3 is 2.19 bits per heavy atom. The largest absolute Gasteiger partial charge is 0.346 e. The zero-order chi connectivity index (χ0) is 20.8. The third-order valence-corrected chi connectivity index (χ3v) is 9.59. The van der Waals surface area contributed by atoms with Gasteiger partial charge in [-0.1, -0.05) is 17.8 Å². The number of urea groups is 1. The van der Waals surface area contributed by atoms with Gasteiger partial charge in [-0.15, -0.1) is 10.2 Å². The van der Waals surface area contributed by atoms with Gasteiger partial charge in [0.25, 0.3) is 0 Å². The van der Waals surface area contributed by atoms with Gasteiger partial charge in [-0.3, -0.25) is 5.32 Å². The number of hydrogen-bond acceptors (Lipinski definition) is 6. The van der Waals surface area contributed by atoms with Crippen LogP contribution in [0.2, 0.25) is 0 Å². The average Bonchev–Trinajstić information content (AvgIpc) is 3.21. The lowest BCUT2D eigenvalue weighted by molar-refractivity contribution is -0.0127. The van der Waals surface area contributed by atoms with E-state index < -0.39 is 0 Å². The highest BCUT2D eigenvalue weighted by Gasteiger charge is 2.51. The van der Waals surface area contributed by atoms with Crippen LogP contribution in [0.25, 0.3) is 0 Å². The molecule has 7 rings (SSSR count). The van der Waals surface area contributed by atoms with Gasteiger partial charge in [0.05, 0.1) is 0 Å². The van der Waals surface area contributed by atoms with Gasteiger partial charge in [0.1, 0.15) is 0 Å². The maximum Gasteiger partial charge on any atom is 0.321 e. The maximum absolute atomic E-state index is 12.8. The van der Waals surface area contributed by atoms with Crippen LogP contribution in [-0.4, -0.2) is 58.9 Å². The van der Waals surface area contributed by atoms with Gasteiger partial charge in [0.2, 0.25) is 10.3 Å². The first-order valence-electron chi connectivity index (χ1n) is 12.6. The van der Waals surface area contributed by atoms with Crippen molar-refractivity contribution in [1.82, 2.24) is 20.4 Å². The van der Waals surface area contributed by atoms with Crippen molar-refractivity contribution in [2.45, 2.75) is 82.2 Å². The Morgan fingerprint density at radius 1 is 0.903 bits per heavy atom. The van der Waals surface area contributed by atoms with Gasteiger partial charge in [-0.05, 0) is 95.1 Å². The number of nitrogens with zero attached hydrogens (tertiary/aromatic N) is 4. The lowest BCUT2D eigenvalue weighted by atomic mass is 9.53. The molecule has 0 atom stereocenters. The normalized spacial score (nSPS) is 36.0. The molecule has 31 heavy (non-hydrogen) atoms. The molecule has 2 saturated heterocycles. The van der Waals surface area contributed by atoms with Crippen molar-refractivity contribution in [1.29, 1.82) is 0 Å². The molecule has 2 N–H and O–H groups in total. The van der Waals surface area contributed by atoms with E-state index in [9.17, 15) is 4.79 Å². The summed E-state index contributed by atoms with van der Waals surface area (Å²) >= 11 is 1.52. The number of anilines is 2. The lowest BCUT2D eigenvalue weighted by Crippen LogP contribution is -2.60. The molecular formula is C23H36N6OS. The molecule has 0 radical (unpaired) electrons. The van der Waals surface area contributed by atoms with E-state index in [0.717, 1.165) is 42.0 Å². The number of likely N-dealkylation sites (tertiary alicyclic amines) is 1. The molecule has 0 spiro atoms. The molecule has 170 valence electrons. The summed E-state index contributed by atoms with van der Waals surface area (Å²) in [6.45, 7) is 4.62. The van der Waals surface area contributed by atoms with Gasteiger partial charge >= 0.3 is 6.03 Å². The zero-order valence-electron chi connectivity index (χ0n) is 18.5. The van der Waals surface area contributed by atoms with Crippen molar-refractivity contribution in [3.05, 3.63) is 0 Å². The summed E-state index contributed by atoms with van der Waals surface area (Å²) in [6.07, 6.45) is 14.2. The summed E-state index contributed by atoms with van der Waals surface area (Å²) in [5.41, 5.74) is 0.0304. The molecule has 6 aliphatic rings. The quantitative estimate of drug-likeness (QED) is 0.732. The lowest BCUT2D eigenvalue weighted by Gasteiger charge is -2.56. The van der Waals surface area contributed by atoms with Gasteiger partial charge in [0, 0.05) is 24.7 Å². The summed E-state index contributed by atoms with van der Waals surface area (Å²) < 4.78 is 0. The molecule has 6 fully saturated rings. The standard InChI is InChI=1S/C23H36N6OS/c30-20(25-23-13-16-10-17(14-23)12-18(11-16)15-23)24-21-26-27-22(31-21)29-8-4-19(5-9-29)28-6-2-1-3-7-28/h16-19H,1-15H2,(H2,24,25,26,30). The van der Waals surface area contributed by atoms with E-state index in [-0.39, 0.29) is 11.6 Å². The van der Waals surface area contributed by atoms with Gasteiger partial charge in [-0.2, -0.15) is 0 Å². The number of carbonyl (C=O) groups is 1. The first-order chi connectivity index (χ1) is 15.1. The average molecular weight is 445 g/mol. The van der Waals surface area contributed by atoms with E-state index >= 15 is 0 Å². The minimum Gasteiger partial charge on any atom is -0.346 e. The highest BCUT2D eigenvalue weighted by Crippen LogP contribution is 2.55. The second-order valence-electron chi connectivity index (χ2n) is 11.0. The van der Waals surface area contributed by atoms with Crippen molar-refractivity contribution in [2.24, 2.45) is 17.8 Å². The maximum atomic E-state index is 12.8. The zero-order valence-corrected chi connectivity index (χ0v) is 19.3. The van der Waals surface area contributed by atoms with Crippen molar-refractivity contribution in [2.75, 3.05) is 36.4 Å². The van der Waals surface area contributed by atoms with E-state index in [0.29, 0.717) is 5.13 Å². The van der Waals surface area contributed by atoms with Crippen LogP contribution in [0.15, 0.2) is 0 Å².